The number of aliphatic carboxylic acids is 1. The van der Waals surface area contributed by atoms with E-state index in [9.17, 15) is 14.4 Å². The van der Waals surface area contributed by atoms with Crippen molar-refractivity contribution in [3.63, 3.8) is 0 Å². The van der Waals surface area contributed by atoms with Gasteiger partial charge in [-0.2, -0.15) is 0 Å². The Morgan fingerprint density at radius 1 is 1.31 bits per heavy atom. The molecule has 1 fully saturated rings. The van der Waals surface area contributed by atoms with Crippen LogP contribution in [0.1, 0.15) is 44.6 Å². The number of benzene rings is 1. The SMILES string of the molecule is CCCC(=O)N1CCCCC1C(=O)Nc1ccc(OCC(=O)O)cc1C. The van der Waals surface area contributed by atoms with Gasteiger partial charge in [0.2, 0.25) is 11.8 Å². The van der Waals surface area contributed by atoms with E-state index in [2.05, 4.69) is 5.32 Å². The molecule has 142 valence electrons. The van der Waals surface area contributed by atoms with Crippen molar-refractivity contribution < 1.29 is 24.2 Å². The minimum Gasteiger partial charge on any atom is -0.482 e. The van der Waals surface area contributed by atoms with Crippen LogP contribution in [-0.4, -0.2) is 47.0 Å². The number of piperidine rings is 1. The van der Waals surface area contributed by atoms with Crippen LogP contribution in [0.15, 0.2) is 18.2 Å². The molecule has 0 aliphatic carbocycles. The number of anilines is 1. The van der Waals surface area contributed by atoms with Gasteiger partial charge in [0.15, 0.2) is 6.61 Å². The molecule has 1 aromatic rings. The molecule has 2 amide bonds. The van der Waals surface area contributed by atoms with Crippen molar-refractivity contribution in [2.45, 2.75) is 52.0 Å². The summed E-state index contributed by atoms with van der Waals surface area (Å²) in [5, 5.41) is 11.5. The van der Waals surface area contributed by atoms with Crippen molar-refractivity contribution in [3.05, 3.63) is 23.8 Å². The molecule has 1 heterocycles. The number of carboxylic acid groups (broad SMARTS) is 1. The van der Waals surface area contributed by atoms with Crippen LogP contribution in [0.25, 0.3) is 0 Å². The van der Waals surface area contributed by atoms with E-state index < -0.39 is 18.6 Å². The molecule has 0 aromatic heterocycles. The second kappa shape index (κ2) is 9.22. The second-order valence-electron chi connectivity index (χ2n) is 6.50. The number of carboxylic acids is 1. The van der Waals surface area contributed by atoms with Crippen molar-refractivity contribution in [3.8, 4) is 5.75 Å². The summed E-state index contributed by atoms with van der Waals surface area (Å²) >= 11 is 0. The molecule has 2 rings (SSSR count). The van der Waals surface area contributed by atoms with E-state index in [0.29, 0.717) is 30.8 Å². The zero-order valence-electron chi connectivity index (χ0n) is 15.3. The van der Waals surface area contributed by atoms with Gasteiger partial charge in [0.1, 0.15) is 11.8 Å². The van der Waals surface area contributed by atoms with Gasteiger partial charge in [0.25, 0.3) is 0 Å². The van der Waals surface area contributed by atoms with Gasteiger partial charge >= 0.3 is 5.97 Å². The van der Waals surface area contributed by atoms with E-state index >= 15 is 0 Å². The number of aryl methyl sites for hydroxylation is 1. The highest BCUT2D eigenvalue weighted by atomic mass is 16.5. The maximum Gasteiger partial charge on any atom is 0.341 e. The van der Waals surface area contributed by atoms with Gasteiger partial charge in [-0.25, -0.2) is 4.79 Å². The predicted octanol–water partition coefficient (Wildman–Crippen LogP) is 2.58. The van der Waals surface area contributed by atoms with Crippen molar-refractivity contribution in [2.75, 3.05) is 18.5 Å². The number of carbonyl (C=O) groups excluding carboxylic acids is 2. The first-order valence-electron chi connectivity index (χ1n) is 8.98. The van der Waals surface area contributed by atoms with Crippen LogP contribution in [0.3, 0.4) is 0 Å². The number of ether oxygens (including phenoxy) is 1. The molecule has 2 N–H and O–H groups in total. The molecular formula is C19H26N2O5. The van der Waals surface area contributed by atoms with Gasteiger partial charge in [-0.3, -0.25) is 9.59 Å². The van der Waals surface area contributed by atoms with Gasteiger partial charge in [-0.15, -0.1) is 0 Å². The topological polar surface area (TPSA) is 95.9 Å². The summed E-state index contributed by atoms with van der Waals surface area (Å²) < 4.78 is 5.13. The Balaban J connectivity index is 2.05. The summed E-state index contributed by atoms with van der Waals surface area (Å²) in [5.41, 5.74) is 1.40. The molecule has 0 radical (unpaired) electrons. The predicted molar refractivity (Wildman–Crippen MR) is 97.2 cm³/mol. The summed E-state index contributed by atoms with van der Waals surface area (Å²) in [5.74, 6) is -0.771. The van der Waals surface area contributed by atoms with Crippen molar-refractivity contribution in [1.82, 2.24) is 4.90 Å². The zero-order valence-corrected chi connectivity index (χ0v) is 15.3. The maximum absolute atomic E-state index is 12.7. The van der Waals surface area contributed by atoms with Gasteiger partial charge < -0.3 is 20.1 Å². The van der Waals surface area contributed by atoms with Crippen LogP contribution in [0.2, 0.25) is 0 Å². The summed E-state index contributed by atoms with van der Waals surface area (Å²) in [4.78, 5) is 37.3. The quantitative estimate of drug-likeness (QED) is 0.777. The molecule has 7 nitrogen and oxygen atoms in total. The molecule has 1 aliphatic heterocycles. The Morgan fingerprint density at radius 2 is 2.08 bits per heavy atom. The lowest BCUT2D eigenvalue weighted by atomic mass is 10.00. The fourth-order valence-electron chi connectivity index (χ4n) is 3.09. The average molecular weight is 362 g/mol. The number of nitrogens with one attached hydrogen (secondary N) is 1. The number of hydrogen-bond acceptors (Lipinski definition) is 4. The highest BCUT2D eigenvalue weighted by Gasteiger charge is 2.31. The lowest BCUT2D eigenvalue weighted by Gasteiger charge is -2.35. The van der Waals surface area contributed by atoms with Crippen LogP contribution in [0.5, 0.6) is 5.75 Å². The molecule has 0 bridgehead atoms. The third kappa shape index (κ3) is 5.21. The Morgan fingerprint density at radius 3 is 2.73 bits per heavy atom. The molecule has 7 heteroatoms. The number of amides is 2. The molecule has 0 spiro atoms. The average Bonchev–Trinajstić information content (AvgIpc) is 2.62. The van der Waals surface area contributed by atoms with Gasteiger partial charge in [-0.1, -0.05) is 6.92 Å². The molecular weight excluding hydrogens is 336 g/mol. The molecule has 0 saturated carbocycles. The van der Waals surface area contributed by atoms with Crippen molar-refractivity contribution >= 4 is 23.5 Å². The molecule has 1 aromatic carbocycles. The van der Waals surface area contributed by atoms with Crippen molar-refractivity contribution in [1.29, 1.82) is 0 Å². The number of nitrogens with zero attached hydrogens (tertiary/aromatic N) is 1. The fraction of sp³-hybridized carbons (Fsp3) is 0.526. The highest BCUT2D eigenvalue weighted by Crippen LogP contribution is 2.24. The smallest absolute Gasteiger partial charge is 0.341 e. The monoisotopic (exact) mass is 362 g/mol. The van der Waals surface area contributed by atoms with Crippen LogP contribution in [0, 0.1) is 6.92 Å². The summed E-state index contributed by atoms with van der Waals surface area (Å²) in [6, 6.07) is 4.54. The van der Waals surface area contributed by atoms with E-state index in [1.54, 1.807) is 23.1 Å². The largest absolute Gasteiger partial charge is 0.482 e. The highest BCUT2D eigenvalue weighted by molar-refractivity contribution is 5.97. The number of carbonyl (C=O) groups is 3. The molecule has 1 unspecified atom stereocenters. The number of likely N-dealkylation sites (tertiary alicyclic amines) is 1. The van der Waals surface area contributed by atoms with Crippen LogP contribution < -0.4 is 10.1 Å². The van der Waals surface area contributed by atoms with E-state index in [-0.39, 0.29) is 11.8 Å². The summed E-state index contributed by atoms with van der Waals surface area (Å²) in [6.45, 7) is 3.97. The van der Waals surface area contributed by atoms with Crippen LogP contribution in [0.4, 0.5) is 5.69 Å². The standard InChI is InChI=1S/C19H26N2O5/c1-3-6-17(22)21-10-5-4-7-16(21)19(25)20-15-9-8-14(11-13(15)2)26-12-18(23)24/h8-9,11,16H,3-7,10,12H2,1-2H3,(H,20,25)(H,23,24). The first-order valence-corrected chi connectivity index (χ1v) is 8.98. The van der Waals surface area contributed by atoms with Gasteiger partial charge in [0, 0.05) is 18.7 Å². The number of rotatable bonds is 7. The fourth-order valence-corrected chi connectivity index (χ4v) is 3.09. The normalized spacial score (nSPS) is 16.8. The molecule has 26 heavy (non-hydrogen) atoms. The first-order chi connectivity index (χ1) is 12.4. The minimum absolute atomic E-state index is 0.0292. The second-order valence-corrected chi connectivity index (χ2v) is 6.50. The lowest BCUT2D eigenvalue weighted by Crippen LogP contribution is -2.50. The van der Waals surface area contributed by atoms with E-state index in [1.165, 1.54) is 0 Å². The van der Waals surface area contributed by atoms with Crippen molar-refractivity contribution in [2.24, 2.45) is 0 Å². The summed E-state index contributed by atoms with van der Waals surface area (Å²) in [7, 11) is 0. The van der Waals surface area contributed by atoms with Gasteiger partial charge in [-0.05, 0) is 56.4 Å². The Hall–Kier alpha value is -2.57. The van der Waals surface area contributed by atoms with Crippen LogP contribution >= 0.6 is 0 Å². The molecule has 1 aliphatic rings. The zero-order chi connectivity index (χ0) is 19.1. The Bertz CT molecular complexity index is 674. The maximum atomic E-state index is 12.7. The van der Waals surface area contributed by atoms with Gasteiger partial charge in [0.05, 0.1) is 0 Å². The van der Waals surface area contributed by atoms with E-state index in [4.69, 9.17) is 9.84 Å². The third-order valence-electron chi connectivity index (χ3n) is 4.41. The first kappa shape index (κ1) is 19.8. The molecule has 1 atom stereocenters. The van der Waals surface area contributed by atoms with E-state index in [1.807, 2.05) is 13.8 Å². The molecule has 1 saturated heterocycles. The lowest BCUT2D eigenvalue weighted by molar-refractivity contribution is -0.140. The van der Waals surface area contributed by atoms with Crippen LogP contribution in [-0.2, 0) is 14.4 Å². The minimum atomic E-state index is -1.05. The Labute approximate surface area is 153 Å². The number of hydrogen-bond donors (Lipinski definition) is 2. The Kier molecular flexibility index (Phi) is 7.00. The summed E-state index contributed by atoms with van der Waals surface area (Å²) in [6.07, 6.45) is 3.74. The third-order valence-corrected chi connectivity index (χ3v) is 4.41. The van der Waals surface area contributed by atoms with E-state index in [0.717, 1.165) is 24.8 Å².